The summed E-state index contributed by atoms with van der Waals surface area (Å²) in [5.41, 5.74) is 6.52. The van der Waals surface area contributed by atoms with E-state index in [0.29, 0.717) is 24.3 Å². The van der Waals surface area contributed by atoms with Crippen molar-refractivity contribution in [2.24, 2.45) is 5.73 Å². The molecule has 0 radical (unpaired) electrons. The highest BCUT2D eigenvalue weighted by atomic mass is 19.4. The van der Waals surface area contributed by atoms with E-state index in [0.717, 1.165) is 63.4 Å². The SMILES string of the molecule is CC[C@H]1CN(c2ncc(C(N)=O)nc2C)CCN1C1CCN(Cc2ccc(C(F)(F)F)cc2)CC1. The third kappa shape index (κ3) is 5.92. The smallest absolute Gasteiger partial charge is 0.364 e. The van der Waals surface area contributed by atoms with Crippen LogP contribution in [0.1, 0.15) is 53.5 Å². The summed E-state index contributed by atoms with van der Waals surface area (Å²) >= 11 is 0. The first kappa shape index (κ1) is 25.4. The van der Waals surface area contributed by atoms with Crippen LogP contribution in [0.3, 0.4) is 0 Å². The fourth-order valence-electron chi connectivity index (χ4n) is 5.28. The molecule has 190 valence electrons. The van der Waals surface area contributed by atoms with Crippen molar-refractivity contribution in [2.45, 2.75) is 57.9 Å². The Kier molecular flexibility index (Phi) is 7.61. The summed E-state index contributed by atoms with van der Waals surface area (Å²) < 4.78 is 38.4. The fourth-order valence-corrected chi connectivity index (χ4v) is 5.28. The van der Waals surface area contributed by atoms with Crippen molar-refractivity contribution in [2.75, 3.05) is 37.6 Å². The molecule has 1 atom stereocenters. The number of carbonyl (C=O) groups is 1. The van der Waals surface area contributed by atoms with Crippen LogP contribution < -0.4 is 10.6 Å². The maximum absolute atomic E-state index is 12.8. The van der Waals surface area contributed by atoms with Crippen LogP contribution in [0, 0.1) is 6.92 Å². The topological polar surface area (TPSA) is 78.6 Å². The molecule has 0 bridgehead atoms. The number of rotatable bonds is 6. The number of primary amides is 1. The highest BCUT2D eigenvalue weighted by molar-refractivity contribution is 5.90. The maximum atomic E-state index is 12.8. The minimum Gasteiger partial charge on any atom is -0.364 e. The van der Waals surface area contributed by atoms with Gasteiger partial charge >= 0.3 is 6.18 Å². The highest BCUT2D eigenvalue weighted by Crippen LogP contribution is 2.30. The van der Waals surface area contributed by atoms with E-state index in [-0.39, 0.29) is 5.69 Å². The molecule has 4 rings (SSSR count). The van der Waals surface area contributed by atoms with Crippen molar-refractivity contribution in [1.29, 1.82) is 0 Å². The number of aromatic nitrogens is 2. The van der Waals surface area contributed by atoms with Crippen LogP contribution in [-0.4, -0.2) is 70.5 Å². The van der Waals surface area contributed by atoms with E-state index in [9.17, 15) is 18.0 Å². The molecule has 2 fully saturated rings. The summed E-state index contributed by atoms with van der Waals surface area (Å²) in [7, 11) is 0. The summed E-state index contributed by atoms with van der Waals surface area (Å²) in [5.74, 6) is 0.229. The monoisotopic (exact) mass is 490 g/mol. The zero-order chi connectivity index (χ0) is 25.2. The van der Waals surface area contributed by atoms with Gasteiger partial charge in [-0.2, -0.15) is 13.2 Å². The molecular formula is C25H33F3N6O. The van der Waals surface area contributed by atoms with Crippen LogP contribution in [0.2, 0.25) is 0 Å². The van der Waals surface area contributed by atoms with E-state index in [1.807, 2.05) is 6.92 Å². The van der Waals surface area contributed by atoms with E-state index < -0.39 is 17.6 Å². The number of aryl methyl sites for hydroxylation is 1. The molecule has 2 N–H and O–H groups in total. The van der Waals surface area contributed by atoms with Crippen LogP contribution in [0.5, 0.6) is 0 Å². The molecule has 3 heterocycles. The second kappa shape index (κ2) is 10.5. The molecule has 1 aromatic carbocycles. The first-order valence-electron chi connectivity index (χ1n) is 12.2. The van der Waals surface area contributed by atoms with Gasteiger partial charge in [-0.1, -0.05) is 19.1 Å². The van der Waals surface area contributed by atoms with Gasteiger partial charge < -0.3 is 10.6 Å². The lowest BCUT2D eigenvalue weighted by atomic mass is 9.97. The van der Waals surface area contributed by atoms with Gasteiger partial charge in [0.1, 0.15) is 11.5 Å². The fraction of sp³-hybridized carbons (Fsp3) is 0.560. The molecule has 0 unspecified atom stereocenters. The molecular weight excluding hydrogens is 457 g/mol. The average Bonchev–Trinajstić information content (AvgIpc) is 2.84. The number of likely N-dealkylation sites (tertiary alicyclic amines) is 1. The first-order chi connectivity index (χ1) is 16.7. The Morgan fingerprint density at radius 1 is 1.11 bits per heavy atom. The maximum Gasteiger partial charge on any atom is 0.416 e. The van der Waals surface area contributed by atoms with Gasteiger partial charge in [0, 0.05) is 38.3 Å². The Bertz CT molecular complexity index is 1020. The molecule has 7 nitrogen and oxygen atoms in total. The van der Waals surface area contributed by atoms with Gasteiger partial charge in [-0.3, -0.25) is 14.6 Å². The van der Waals surface area contributed by atoms with Crippen LogP contribution in [0.4, 0.5) is 19.0 Å². The largest absolute Gasteiger partial charge is 0.416 e. The Hall–Kier alpha value is -2.72. The molecule has 0 aliphatic carbocycles. The lowest BCUT2D eigenvalue weighted by Gasteiger charge is -2.47. The predicted molar refractivity (Wildman–Crippen MR) is 128 cm³/mol. The molecule has 2 aliphatic heterocycles. The van der Waals surface area contributed by atoms with Gasteiger partial charge in [0.2, 0.25) is 0 Å². The number of piperazine rings is 1. The molecule has 2 aliphatic rings. The predicted octanol–water partition coefficient (Wildman–Crippen LogP) is 3.47. The van der Waals surface area contributed by atoms with Crippen molar-refractivity contribution in [3.05, 3.63) is 53.0 Å². The number of nitrogens with two attached hydrogens (primary N) is 1. The third-order valence-electron chi connectivity index (χ3n) is 7.19. The van der Waals surface area contributed by atoms with E-state index in [1.54, 1.807) is 12.1 Å². The second-order valence-corrected chi connectivity index (χ2v) is 9.48. The van der Waals surface area contributed by atoms with Crippen molar-refractivity contribution in [3.8, 4) is 0 Å². The van der Waals surface area contributed by atoms with Crippen molar-refractivity contribution < 1.29 is 18.0 Å². The number of alkyl halides is 3. The van der Waals surface area contributed by atoms with Crippen LogP contribution in [0.15, 0.2) is 30.5 Å². The minimum absolute atomic E-state index is 0.181. The number of halogens is 3. The Labute approximate surface area is 204 Å². The molecule has 2 saturated heterocycles. The number of nitrogens with zero attached hydrogens (tertiary/aromatic N) is 5. The number of piperidine rings is 1. The van der Waals surface area contributed by atoms with Crippen molar-refractivity contribution >= 4 is 11.7 Å². The molecule has 2 aromatic rings. The number of benzene rings is 1. The number of amides is 1. The lowest BCUT2D eigenvalue weighted by Crippen LogP contribution is -2.58. The highest BCUT2D eigenvalue weighted by Gasteiger charge is 2.34. The number of hydrogen-bond acceptors (Lipinski definition) is 6. The normalized spacial score (nSPS) is 20.8. The average molecular weight is 491 g/mol. The van der Waals surface area contributed by atoms with Gasteiger partial charge in [0.15, 0.2) is 0 Å². The van der Waals surface area contributed by atoms with E-state index in [4.69, 9.17) is 5.73 Å². The summed E-state index contributed by atoms with van der Waals surface area (Å²) in [6.07, 6.45) is 0.264. The van der Waals surface area contributed by atoms with Crippen LogP contribution >= 0.6 is 0 Å². The van der Waals surface area contributed by atoms with Gasteiger partial charge in [0.25, 0.3) is 5.91 Å². The second-order valence-electron chi connectivity index (χ2n) is 9.48. The minimum atomic E-state index is -4.30. The molecule has 1 aromatic heterocycles. The molecule has 0 saturated carbocycles. The Morgan fingerprint density at radius 3 is 2.37 bits per heavy atom. The summed E-state index contributed by atoms with van der Waals surface area (Å²) in [6, 6.07) is 6.40. The van der Waals surface area contributed by atoms with Crippen LogP contribution in [0.25, 0.3) is 0 Å². The standard InChI is InChI=1S/C25H33F3N6O/c1-3-20-16-33(24-17(2)31-22(14-30-24)23(29)35)12-13-34(20)21-8-10-32(11-9-21)15-18-4-6-19(7-5-18)25(26,27)28/h4-7,14,20-21H,3,8-13,15-16H2,1-2H3,(H2,29,35)/t20-/m0/s1. The van der Waals surface area contributed by atoms with Crippen molar-refractivity contribution in [1.82, 2.24) is 19.8 Å². The van der Waals surface area contributed by atoms with E-state index >= 15 is 0 Å². The van der Waals surface area contributed by atoms with Gasteiger partial charge in [-0.15, -0.1) is 0 Å². The Morgan fingerprint density at radius 2 is 1.80 bits per heavy atom. The number of carbonyl (C=O) groups excluding carboxylic acids is 1. The molecule has 1 amide bonds. The van der Waals surface area contributed by atoms with Crippen molar-refractivity contribution in [3.63, 3.8) is 0 Å². The summed E-state index contributed by atoms with van der Waals surface area (Å²) in [5, 5.41) is 0. The van der Waals surface area contributed by atoms with E-state index in [2.05, 4.69) is 31.6 Å². The zero-order valence-corrected chi connectivity index (χ0v) is 20.3. The number of anilines is 1. The first-order valence-corrected chi connectivity index (χ1v) is 12.2. The Balaban J connectivity index is 1.32. The lowest BCUT2D eigenvalue weighted by molar-refractivity contribution is -0.137. The molecule has 35 heavy (non-hydrogen) atoms. The summed E-state index contributed by atoms with van der Waals surface area (Å²) in [4.78, 5) is 27.4. The van der Waals surface area contributed by atoms with Gasteiger partial charge in [0.05, 0.1) is 17.5 Å². The summed E-state index contributed by atoms with van der Waals surface area (Å²) in [6.45, 7) is 9.23. The van der Waals surface area contributed by atoms with Crippen LogP contribution in [-0.2, 0) is 12.7 Å². The third-order valence-corrected chi connectivity index (χ3v) is 7.19. The van der Waals surface area contributed by atoms with Gasteiger partial charge in [-0.25, -0.2) is 9.97 Å². The number of hydrogen-bond donors (Lipinski definition) is 1. The molecule has 10 heteroatoms. The van der Waals surface area contributed by atoms with E-state index in [1.165, 1.54) is 18.3 Å². The zero-order valence-electron chi connectivity index (χ0n) is 20.3. The quantitative estimate of drug-likeness (QED) is 0.668. The molecule has 0 spiro atoms. The van der Waals surface area contributed by atoms with Gasteiger partial charge in [-0.05, 0) is 57.0 Å².